The number of phenolic OH excluding ortho intramolecular Hbond substituents is 1. The van der Waals surface area contributed by atoms with E-state index in [1.54, 1.807) is 6.07 Å². The highest BCUT2D eigenvalue weighted by molar-refractivity contribution is 6.31. The van der Waals surface area contributed by atoms with Crippen molar-refractivity contribution in [2.24, 2.45) is 0 Å². The van der Waals surface area contributed by atoms with Gasteiger partial charge in [0.2, 0.25) is 0 Å². The molecule has 0 aliphatic carbocycles. The van der Waals surface area contributed by atoms with Crippen molar-refractivity contribution in [3.8, 4) is 5.75 Å². The maximum Gasteiger partial charge on any atom is 0.335 e. The van der Waals surface area contributed by atoms with Crippen LogP contribution in [0.3, 0.4) is 0 Å². The fraction of sp³-hybridized carbons (Fsp3) is 0. The van der Waals surface area contributed by atoms with Crippen molar-refractivity contribution < 1.29 is 19.8 Å². The van der Waals surface area contributed by atoms with Crippen LogP contribution in [0.15, 0.2) is 42.5 Å². The Morgan fingerprint density at radius 1 is 1.10 bits per heavy atom. The summed E-state index contributed by atoms with van der Waals surface area (Å²) < 4.78 is 0. The number of amides is 1. The van der Waals surface area contributed by atoms with Crippen LogP contribution in [0.4, 0.5) is 5.69 Å². The minimum atomic E-state index is -1.09. The molecule has 1 amide bonds. The molecule has 0 saturated carbocycles. The summed E-state index contributed by atoms with van der Waals surface area (Å²) in [6, 6.07) is 9.92. The predicted octanol–water partition coefficient (Wildman–Crippen LogP) is 3.00. The van der Waals surface area contributed by atoms with E-state index in [0.29, 0.717) is 10.7 Å². The fourth-order valence-corrected chi connectivity index (χ4v) is 1.79. The number of nitrogens with one attached hydrogen (secondary N) is 1. The summed E-state index contributed by atoms with van der Waals surface area (Å²) in [4.78, 5) is 22.8. The van der Waals surface area contributed by atoms with Gasteiger partial charge in [0.1, 0.15) is 5.75 Å². The number of benzene rings is 2. The molecule has 0 fully saturated rings. The maximum atomic E-state index is 12.0. The quantitative estimate of drug-likeness (QED) is 0.811. The van der Waals surface area contributed by atoms with Crippen molar-refractivity contribution in [2.45, 2.75) is 0 Å². The highest BCUT2D eigenvalue weighted by atomic mass is 35.5. The molecule has 0 atom stereocenters. The lowest BCUT2D eigenvalue weighted by Crippen LogP contribution is -2.12. The largest absolute Gasteiger partial charge is 0.507 e. The van der Waals surface area contributed by atoms with Gasteiger partial charge in [-0.25, -0.2) is 4.79 Å². The molecule has 3 N–H and O–H groups in total. The first-order valence-corrected chi connectivity index (χ1v) is 5.98. The molecule has 0 aromatic heterocycles. The van der Waals surface area contributed by atoms with Gasteiger partial charge in [-0.05, 0) is 36.4 Å². The topological polar surface area (TPSA) is 86.6 Å². The molecule has 2 aromatic carbocycles. The van der Waals surface area contributed by atoms with E-state index in [0.717, 1.165) is 0 Å². The second kappa shape index (κ2) is 5.63. The zero-order valence-corrected chi connectivity index (χ0v) is 10.9. The summed E-state index contributed by atoms with van der Waals surface area (Å²) in [6.07, 6.45) is 0. The van der Waals surface area contributed by atoms with E-state index in [2.05, 4.69) is 5.32 Å². The van der Waals surface area contributed by atoms with Gasteiger partial charge >= 0.3 is 5.97 Å². The van der Waals surface area contributed by atoms with Crippen LogP contribution in [0.1, 0.15) is 20.7 Å². The molecule has 0 aliphatic heterocycles. The third-order valence-corrected chi connectivity index (χ3v) is 2.81. The number of carbonyl (C=O) groups is 2. The van der Waals surface area contributed by atoms with Crippen LogP contribution in [0, 0.1) is 0 Å². The summed E-state index contributed by atoms with van der Waals surface area (Å²) in [5, 5.41) is 21.3. The summed E-state index contributed by atoms with van der Waals surface area (Å²) in [7, 11) is 0. The predicted molar refractivity (Wildman–Crippen MR) is 74.5 cm³/mol. The average molecular weight is 292 g/mol. The zero-order chi connectivity index (χ0) is 14.7. The summed E-state index contributed by atoms with van der Waals surface area (Å²) in [5.41, 5.74) is 0.433. The van der Waals surface area contributed by atoms with Crippen LogP contribution in [-0.4, -0.2) is 22.1 Å². The lowest BCUT2D eigenvalue weighted by Gasteiger charge is -2.07. The lowest BCUT2D eigenvalue weighted by molar-refractivity contribution is 0.0696. The number of phenols is 1. The lowest BCUT2D eigenvalue weighted by atomic mass is 10.1. The van der Waals surface area contributed by atoms with Gasteiger partial charge in [0.05, 0.1) is 11.1 Å². The van der Waals surface area contributed by atoms with Gasteiger partial charge in [-0.1, -0.05) is 17.7 Å². The maximum absolute atomic E-state index is 12.0. The highest BCUT2D eigenvalue weighted by Gasteiger charge is 2.12. The van der Waals surface area contributed by atoms with Crippen LogP contribution in [0.2, 0.25) is 5.02 Å². The smallest absolute Gasteiger partial charge is 0.335 e. The van der Waals surface area contributed by atoms with Gasteiger partial charge in [0.25, 0.3) is 5.91 Å². The van der Waals surface area contributed by atoms with Crippen LogP contribution in [-0.2, 0) is 0 Å². The first-order valence-electron chi connectivity index (χ1n) is 5.60. The van der Waals surface area contributed by atoms with Crippen LogP contribution in [0.25, 0.3) is 0 Å². The third-order valence-electron chi connectivity index (χ3n) is 2.57. The molecule has 0 radical (unpaired) electrons. The molecule has 0 bridgehead atoms. The zero-order valence-electron chi connectivity index (χ0n) is 10.1. The van der Waals surface area contributed by atoms with E-state index in [9.17, 15) is 14.7 Å². The fourth-order valence-electron chi connectivity index (χ4n) is 1.63. The molecule has 0 spiro atoms. The Hall–Kier alpha value is -2.53. The molecular formula is C14H10ClNO4. The normalized spacial score (nSPS) is 10.1. The second-order valence-corrected chi connectivity index (χ2v) is 4.44. The Morgan fingerprint density at radius 2 is 1.85 bits per heavy atom. The number of aromatic carboxylic acids is 1. The van der Waals surface area contributed by atoms with Crippen molar-refractivity contribution in [1.29, 1.82) is 0 Å². The number of anilines is 1. The standard InChI is InChI=1S/C14H10ClNO4/c15-9-4-5-11(12(17)7-9)13(18)16-10-3-1-2-8(6-10)14(19)20/h1-7,17H,(H,16,18)(H,19,20). The van der Waals surface area contributed by atoms with Gasteiger partial charge in [-0.15, -0.1) is 0 Å². The van der Waals surface area contributed by atoms with Crippen molar-refractivity contribution in [2.75, 3.05) is 5.32 Å². The van der Waals surface area contributed by atoms with Crippen LogP contribution in [0.5, 0.6) is 5.75 Å². The highest BCUT2D eigenvalue weighted by Crippen LogP contribution is 2.23. The number of hydrogen-bond acceptors (Lipinski definition) is 3. The van der Waals surface area contributed by atoms with Gasteiger partial charge < -0.3 is 15.5 Å². The number of carboxylic acids is 1. The van der Waals surface area contributed by atoms with Crippen molar-refractivity contribution in [3.63, 3.8) is 0 Å². The molecule has 2 rings (SSSR count). The van der Waals surface area contributed by atoms with E-state index >= 15 is 0 Å². The Morgan fingerprint density at radius 3 is 2.50 bits per heavy atom. The number of rotatable bonds is 3. The van der Waals surface area contributed by atoms with Gasteiger partial charge in [0.15, 0.2) is 0 Å². The van der Waals surface area contributed by atoms with Gasteiger partial charge in [-0.3, -0.25) is 4.79 Å². The van der Waals surface area contributed by atoms with E-state index in [1.165, 1.54) is 36.4 Å². The van der Waals surface area contributed by atoms with E-state index in [-0.39, 0.29) is 16.9 Å². The summed E-state index contributed by atoms with van der Waals surface area (Å²) in [5.74, 6) is -1.89. The van der Waals surface area contributed by atoms with Crippen molar-refractivity contribution >= 4 is 29.2 Å². The number of aromatic hydroxyl groups is 1. The van der Waals surface area contributed by atoms with E-state index < -0.39 is 11.9 Å². The number of carbonyl (C=O) groups excluding carboxylic acids is 1. The molecule has 5 nitrogen and oxygen atoms in total. The molecular weight excluding hydrogens is 282 g/mol. The van der Waals surface area contributed by atoms with Crippen molar-refractivity contribution in [3.05, 3.63) is 58.6 Å². The van der Waals surface area contributed by atoms with E-state index in [1.807, 2.05) is 0 Å². The molecule has 0 saturated heterocycles. The number of hydrogen-bond donors (Lipinski definition) is 3. The Bertz CT molecular complexity index is 685. The molecule has 0 heterocycles. The molecule has 0 aliphatic rings. The Labute approximate surface area is 119 Å². The van der Waals surface area contributed by atoms with Gasteiger partial charge in [0, 0.05) is 10.7 Å². The van der Waals surface area contributed by atoms with Crippen molar-refractivity contribution in [1.82, 2.24) is 0 Å². The Kier molecular flexibility index (Phi) is 3.91. The van der Waals surface area contributed by atoms with Crippen LogP contribution >= 0.6 is 11.6 Å². The molecule has 0 unspecified atom stereocenters. The van der Waals surface area contributed by atoms with Gasteiger partial charge in [-0.2, -0.15) is 0 Å². The molecule has 102 valence electrons. The first kappa shape index (κ1) is 13.9. The minimum absolute atomic E-state index is 0.0510. The Balaban J connectivity index is 2.23. The number of halogens is 1. The molecule has 20 heavy (non-hydrogen) atoms. The minimum Gasteiger partial charge on any atom is -0.507 e. The molecule has 2 aromatic rings. The second-order valence-electron chi connectivity index (χ2n) is 4.00. The summed E-state index contributed by atoms with van der Waals surface area (Å²) >= 11 is 5.68. The first-order chi connectivity index (χ1) is 9.47. The summed E-state index contributed by atoms with van der Waals surface area (Å²) in [6.45, 7) is 0. The van der Waals surface area contributed by atoms with Crippen LogP contribution < -0.4 is 5.32 Å². The van der Waals surface area contributed by atoms with E-state index in [4.69, 9.17) is 16.7 Å². The SMILES string of the molecule is O=C(O)c1cccc(NC(=O)c2ccc(Cl)cc2O)c1. The monoisotopic (exact) mass is 291 g/mol. The number of carboxylic acid groups (broad SMARTS) is 1. The molecule has 6 heteroatoms. The average Bonchev–Trinajstić information content (AvgIpc) is 2.38. The third kappa shape index (κ3) is 3.07.